The Hall–Kier alpha value is -2.90. The van der Waals surface area contributed by atoms with Gasteiger partial charge in [-0.25, -0.2) is 4.98 Å². The molecule has 0 aliphatic heterocycles. The van der Waals surface area contributed by atoms with Gasteiger partial charge in [-0.1, -0.05) is 17.7 Å². The molecule has 6 nitrogen and oxygen atoms in total. The highest BCUT2D eigenvalue weighted by Gasteiger charge is 2.14. The van der Waals surface area contributed by atoms with E-state index in [1.54, 1.807) is 25.6 Å². The van der Waals surface area contributed by atoms with E-state index >= 15 is 0 Å². The normalized spacial score (nSPS) is 11.7. The van der Waals surface area contributed by atoms with E-state index in [4.69, 9.17) is 14.5 Å². The van der Waals surface area contributed by atoms with Crippen LogP contribution < -0.4 is 19.7 Å². The number of anilines is 1. The summed E-state index contributed by atoms with van der Waals surface area (Å²) in [6.07, 6.45) is 0. The molecule has 0 aliphatic carbocycles. The van der Waals surface area contributed by atoms with Gasteiger partial charge in [0.1, 0.15) is 17.2 Å². The molecule has 1 atom stereocenters. The number of methoxy groups -OCH3 is 2. The molecular formula is C22H26N3O3S+. The van der Waals surface area contributed by atoms with Crippen molar-refractivity contribution in [2.45, 2.75) is 13.5 Å². The number of nitrogens with one attached hydrogen (secondary N) is 2. The Morgan fingerprint density at radius 1 is 1.10 bits per heavy atom. The number of amides is 1. The minimum Gasteiger partial charge on any atom is -0.493 e. The highest BCUT2D eigenvalue weighted by atomic mass is 32.1. The Kier molecular flexibility index (Phi) is 6.85. The molecule has 0 bridgehead atoms. The molecule has 0 fully saturated rings. The van der Waals surface area contributed by atoms with Crippen LogP contribution in [0.15, 0.2) is 47.8 Å². The largest absolute Gasteiger partial charge is 0.493 e. The summed E-state index contributed by atoms with van der Waals surface area (Å²) in [6.45, 7) is 3.07. The first-order chi connectivity index (χ1) is 14.0. The maximum absolute atomic E-state index is 12.3. The number of nitrogens with zero attached hydrogens (tertiary/aromatic N) is 1. The molecule has 0 radical (unpaired) electrons. The number of ether oxygens (including phenoxy) is 2. The fourth-order valence-electron chi connectivity index (χ4n) is 2.98. The van der Waals surface area contributed by atoms with Crippen molar-refractivity contribution >= 4 is 22.9 Å². The van der Waals surface area contributed by atoms with Crippen molar-refractivity contribution < 1.29 is 19.2 Å². The first-order valence-corrected chi connectivity index (χ1v) is 10.2. The van der Waals surface area contributed by atoms with Crippen LogP contribution in [-0.2, 0) is 11.3 Å². The quantitative estimate of drug-likeness (QED) is 0.597. The van der Waals surface area contributed by atoms with Crippen molar-refractivity contribution in [1.82, 2.24) is 4.98 Å². The van der Waals surface area contributed by atoms with E-state index in [0.29, 0.717) is 24.6 Å². The van der Waals surface area contributed by atoms with E-state index in [2.05, 4.69) is 5.32 Å². The second kappa shape index (κ2) is 9.54. The van der Waals surface area contributed by atoms with Crippen molar-refractivity contribution in [3.05, 3.63) is 59.1 Å². The maximum Gasteiger partial charge on any atom is 0.279 e. The summed E-state index contributed by atoms with van der Waals surface area (Å²) in [6, 6.07) is 13.6. The van der Waals surface area contributed by atoms with E-state index in [1.807, 2.05) is 61.8 Å². The van der Waals surface area contributed by atoms with E-state index in [9.17, 15) is 4.79 Å². The maximum atomic E-state index is 12.3. The average Bonchev–Trinajstić information content (AvgIpc) is 3.17. The predicted octanol–water partition coefficient (Wildman–Crippen LogP) is 2.79. The number of benzene rings is 2. The number of rotatable bonds is 8. The van der Waals surface area contributed by atoms with Gasteiger partial charge in [-0.15, -0.1) is 11.3 Å². The fourth-order valence-corrected chi connectivity index (χ4v) is 3.79. The molecule has 0 saturated heterocycles. The molecule has 0 aliphatic rings. The van der Waals surface area contributed by atoms with Crippen LogP contribution in [-0.4, -0.2) is 38.7 Å². The van der Waals surface area contributed by atoms with Crippen molar-refractivity contribution in [2.75, 3.05) is 33.1 Å². The Balaban J connectivity index is 1.59. The topological polar surface area (TPSA) is 64.9 Å². The van der Waals surface area contributed by atoms with Gasteiger partial charge in [-0.2, -0.15) is 0 Å². The van der Waals surface area contributed by atoms with Gasteiger partial charge in [0.15, 0.2) is 18.0 Å². The SMILES string of the molecule is COc1ccc(-c2nc(C[NH+](C)CC(=O)Nc3ccc(C)cc3)cs2)cc1OC. The standard InChI is InChI=1S/C22H25N3O3S/c1-15-5-8-17(9-6-15)23-21(26)13-25(2)12-18-14-29-22(24-18)16-7-10-19(27-3)20(11-16)28-4/h5-11,14H,12-13H2,1-4H3,(H,23,26)/p+1. The van der Waals surface area contributed by atoms with Crippen LogP contribution in [0.4, 0.5) is 5.69 Å². The molecule has 1 amide bonds. The summed E-state index contributed by atoms with van der Waals surface area (Å²) in [5.74, 6) is 1.36. The number of hydrogen-bond acceptors (Lipinski definition) is 5. The lowest BCUT2D eigenvalue weighted by Crippen LogP contribution is -3.08. The first kappa shape index (κ1) is 20.8. The summed E-state index contributed by atoms with van der Waals surface area (Å²) >= 11 is 1.58. The molecule has 0 saturated carbocycles. The predicted molar refractivity (Wildman–Crippen MR) is 116 cm³/mol. The lowest BCUT2D eigenvalue weighted by molar-refractivity contribution is -0.885. The van der Waals surface area contributed by atoms with E-state index in [0.717, 1.165) is 26.9 Å². The summed E-state index contributed by atoms with van der Waals surface area (Å²) in [4.78, 5) is 18.1. The zero-order valence-electron chi connectivity index (χ0n) is 17.1. The van der Waals surface area contributed by atoms with Crippen molar-refractivity contribution in [3.8, 4) is 22.1 Å². The van der Waals surface area contributed by atoms with Crippen LogP contribution in [0.3, 0.4) is 0 Å². The van der Waals surface area contributed by atoms with Crippen LogP contribution in [0.1, 0.15) is 11.3 Å². The second-order valence-corrected chi connectivity index (χ2v) is 7.80. The molecule has 7 heteroatoms. The van der Waals surface area contributed by atoms with Crippen LogP contribution in [0.5, 0.6) is 11.5 Å². The molecule has 2 N–H and O–H groups in total. The third-order valence-corrected chi connectivity index (χ3v) is 5.40. The lowest BCUT2D eigenvalue weighted by atomic mass is 10.2. The monoisotopic (exact) mass is 412 g/mol. The van der Waals surface area contributed by atoms with Crippen LogP contribution >= 0.6 is 11.3 Å². The molecule has 2 aromatic carbocycles. The number of carbonyl (C=O) groups is 1. The molecule has 29 heavy (non-hydrogen) atoms. The minimum atomic E-state index is -0.0123. The summed E-state index contributed by atoms with van der Waals surface area (Å²) in [5, 5.41) is 5.89. The van der Waals surface area contributed by atoms with Gasteiger partial charge in [0.05, 0.1) is 21.3 Å². The van der Waals surface area contributed by atoms with Crippen molar-refractivity contribution in [1.29, 1.82) is 0 Å². The van der Waals surface area contributed by atoms with Gasteiger partial charge in [0.25, 0.3) is 5.91 Å². The third kappa shape index (κ3) is 5.56. The highest BCUT2D eigenvalue weighted by molar-refractivity contribution is 7.13. The molecular weight excluding hydrogens is 386 g/mol. The number of likely N-dealkylation sites (N-methyl/N-ethyl adjacent to an activating group) is 1. The zero-order chi connectivity index (χ0) is 20.8. The smallest absolute Gasteiger partial charge is 0.279 e. The fraction of sp³-hybridized carbons (Fsp3) is 0.273. The molecule has 3 aromatic rings. The van der Waals surface area contributed by atoms with Gasteiger partial charge in [0, 0.05) is 16.6 Å². The van der Waals surface area contributed by atoms with E-state index < -0.39 is 0 Å². The summed E-state index contributed by atoms with van der Waals surface area (Å²) in [7, 11) is 5.23. The highest BCUT2D eigenvalue weighted by Crippen LogP contribution is 2.33. The van der Waals surface area contributed by atoms with E-state index in [-0.39, 0.29) is 5.91 Å². The van der Waals surface area contributed by atoms with Crippen molar-refractivity contribution in [2.24, 2.45) is 0 Å². The van der Waals surface area contributed by atoms with Gasteiger partial charge >= 0.3 is 0 Å². The van der Waals surface area contributed by atoms with Gasteiger partial charge in [-0.3, -0.25) is 4.79 Å². The molecule has 0 spiro atoms. The molecule has 1 heterocycles. The third-order valence-electron chi connectivity index (χ3n) is 4.46. The van der Waals surface area contributed by atoms with Gasteiger partial charge in [0.2, 0.25) is 0 Å². The molecule has 3 rings (SSSR count). The Morgan fingerprint density at radius 3 is 2.52 bits per heavy atom. The van der Waals surface area contributed by atoms with Crippen LogP contribution in [0.2, 0.25) is 0 Å². The molecule has 1 unspecified atom stereocenters. The number of aromatic nitrogens is 1. The number of thiazole rings is 1. The number of quaternary nitrogens is 1. The van der Waals surface area contributed by atoms with E-state index in [1.165, 1.54) is 5.56 Å². The minimum absolute atomic E-state index is 0.0123. The summed E-state index contributed by atoms with van der Waals surface area (Å²) < 4.78 is 10.7. The number of hydrogen-bond donors (Lipinski definition) is 2. The summed E-state index contributed by atoms with van der Waals surface area (Å²) in [5.41, 5.74) is 3.92. The van der Waals surface area contributed by atoms with Crippen LogP contribution in [0.25, 0.3) is 10.6 Å². The van der Waals surface area contributed by atoms with Gasteiger partial charge < -0.3 is 19.7 Å². The first-order valence-electron chi connectivity index (χ1n) is 9.33. The van der Waals surface area contributed by atoms with Gasteiger partial charge in [-0.05, 0) is 37.3 Å². The Morgan fingerprint density at radius 2 is 1.83 bits per heavy atom. The number of aryl methyl sites for hydroxylation is 1. The Labute approximate surface area is 175 Å². The second-order valence-electron chi connectivity index (χ2n) is 6.94. The average molecular weight is 413 g/mol. The lowest BCUT2D eigenvalue weighted by Gasteiger charge is -2.12. The number of carbonyl (C=O) groups excluding carboxylic acids is 1. The Bertz CT molecular complexity index is 970. The molecule has 152 valence electrons. The van der Waals surface area contributed by atoms with Crippen LogP contribution in [0, 0.1) is 6.92 Å². The van der Waals surface area contributed by atoms with Crippen molar-refractivity contribution in [3.63, 3.8) is 0 Å². The zero-order valence-corrected chi connectivity index (χ0v) is 17.9. The molecule has 1 aromatic heterocycles.